The van der Waals surface area contributed by atoms with Crippen LogP contribution in [-0.2, 0) is 19.5 Å². The number of anilines is 1. The Morgan fingerprint density at radius 2 is 1.75 bits per heavy atom. The predicted molar refractivity (Wildman–Crippen MR) is 114 cm³/mol. The van der Waals surface area contributed by atoms with Gasteiger partial charge in [-0.25, -0.2) is 8.42 Å². The number of ether oxygens (including phenoxy) is 2. The third-order valence-electron chi connectivity index (χ3n) is 4.40. The number of nitrogens with one attached hydrogen (secondary N) is 1. The molecule has 3 rings (SSSR count). The maximum atomic E-state index is 12.9. The van der Waals surface area contributed by atoms with Gasteiger partial charge >= 0.3 is 6.01 Å². The zero-order chi connectivity index (χ0) is 23.0. The number of hydrogen-bond acceptors (Lipinski definition) is 9. The van der Waals surface area contributed by atoms with Crippen LogP contribution in [0.25, 0.3) is 11.5 Å². The standard InChI is InChI=1S/C20H23N5O6S/c1-29-12-10-25(11-13-30-2)32(27,28)17-7-5-15(6-8-17)18(26)22-20-24-23-19(31-20)16-4-3-9-21-14-16/h3-9,14H,10-13H2,1-2H3,(H,22,24,26). The Labute approximate surface area is 185 Å². The molecule has 0 unspecified atom stereocenters. The highest BCUT2D eigenvalue weighted by atomic mass is 32.2. The number of hydrogen-bond donors (Lipinski definition) is 1. The molecule has 11 nitrogen and oxygen atoms in total. The zero-order valence-corrected chi connectivity index (χ0v) is 18.4. The minimum absolute atomic E-state index is 0.0536. The Balaban J connectivity index is 1.70. The Bertz CT molecular complexity index is 1110. The molecule has 32 heavy (non-hydrogen) atoms. The maximum Gasteiger partial charge on any atom is 0.322 e. The molecule has 0 aliphatic heterocycles. The molecule has 2 heterocycles. The molecular formula is C20H23N5O6S. The Hall–Kier alpha value is -3.19. The smallest absolute Gasteiger partial charge is 0.322 e. The van der Waals surface area contributed by atoms with E-state index in [1.54, 1.807) is 24.5 Å². The van der Waals surface area contributed by atoms with E-state index in [1.807, 2.05) is 0 Å². The number of amides is 1. The lowest BCUT2D eigenvalue weighted by molar-refractivity contribution is 0.102. The van der Waals surface area contributed by atoms with Gasteiger partial charge in [-0.1, -0.05) is 5.10 Å². The summed E-state index contributed by atoms with van der Waals surface area (Å²) in [5.41, 5.74) is 0.840. The third-order valence-corrected chi connectivity index (χ3v) is 6.31. The van der Waals surface area contributed by atoms with E-state index in [1.165, 1.54) is 42.8 Å². The van der Waals surface area contributed by atoms with Crippen molar-refractivity contribution in [1.82, 2.24) is 19.5 Å². The fourth-order valence-electron chi connectivity index (χ4n) is 2.71. The van der Waals surface area contributed by atoms with Crippen molar-refractivity contribution in [3.05, 3.63) is 54.4 Å². The van der Waals surface area contributed by atoms with Crippen molar-refractivity contribution in [2.45, 2.75) is 4.90 Å². The lowest BCUT2D eigenvalue weighted by Crippen LogP contribution is -2.36. The van der Waals surface area contributed by atoms with Crippen molar-refractivity contribution in [3.63, 3.8) is 0 Å². The van der Waals surface area contributed by atoms with Gasteiger partial charge in [0.25, 0.3) is 11.8 Å². The fraction of sp³-hybridized carbons (Fsp3) is 0.300. The Kier molecular flexibility index (Phi) is 8.00. The predicted octanol–water partition coefficient (Wildman–Crippen LogP) is 1.67. The molecule has 0 radical (unpaired) electrons. The highest BCUT2D eigenvalue weighted by Crippen LogP contribution is 2.20. The largest absolute Gasteiger partial charge is 0.403 e. The molecule has 2 aromatic heterocycles. The average molecular weight is 462 g/mol. The van der Waals surface area contributed by atoms with Gasteiger partial charge in [-0.2, -0.15) is 4.31 Å². The molecule has 0 saturated heterocycles. The molecule has 0 saturated carbocycles. The number of pyridine rings is 1. The van der Waals surface area contributed by atoms with Gasteiger partial charge in [0, 0.05) is 45.3 Å². The summed E-state index contributed by atoms with van der Waals surface area (Å²) in [6.45, 7) is 0.852. The van der Waals surface area contributed by atoms with E-state index in [9.17, 15) is 13.2 Å². The third kappa shape index (κ3) is 5.73. The molecule has 1 amide bonds. The number of carbonyl (C=O) groups excluding carboxylic acids is 1. The van der Waals surface area contributed by atoms with Crippen LogP contribution in [0.4, 0.5) is 6.01 Å². The van der Waals surface area contributed by atoms with E-state index in [0.717, 1.165) is 0 Å². The zero-order valence-electron chi connectivity index (χ0n) is 17.6. The van der Waals surface area contributed by atoms with Crippen molar-refractivity contribution >= 4 is 21.9 Å². The highest BCUT2D eigenvalue weighted by Gasteiger charge is 2.24. The summed E-state index contributed by atoms with van der Waals surface area (Å²) < 4.78 is 42.6. The van der Waals surface area contributed by atoms with Crippen molar-refractivity contribution in [1.29, 1.82) is 0 Å². The number of benzene rings is 1. The topological polar surface area (TPSA) is 137 Å². The number of rotatable bonds is 11. The first kappa shape index (κ1) is 23.5. The van der Waals surface area contributed by atoms with Crippen molar-refractivity contribution in [3.8, 4) is 11.5 Å². The quantitative estimate of drug-likeness (QED) is 0.452. The molecule has 0 bridgehead atoms. The summed E-state index contributed by atoms with van der Waals surface area (Å²) in [5.74, 6) is -0.312. The Morgan fingerprint density at radius 1 is 1.06 bits per heavy atom. The molecule has 12 heteroatoms. The van der Waals surface area contributed by atoms with E-state index >= 15 is 0 Å². The van der Waals surface area contributed by atoms with Crippen LogP contribution in [0.15, 0.2) is 58.1 Å². The molecule has 0 aliphatic rings. The molecule has 1 aromatic carbocycles. The summed E-state index contributed by atoms with van der Waals surface area (Å²) in [5, 5.41) is 10.2. The van der Waals surface area contributed by atoms with Gasteiger partial charge in [-0.15, -0.1) is 5.10 Å². The normalized spacial score (nSPS) is 11.6. The van der Waals surface area contributed by atoms with Crippen LogP contribution in [0.5, 0.6) is 0 Å². The van der Waals surface area contributed by atoms with Crippen molar-refractivity contribution < 1.29 is 27.1 Å². The SMILES string of the molecule is COCCN(CCOC)S(=O)(=O)c1ccc(C(=O)Nc2nnc(-c3cccnc3)o2)cc1. The van der Waals surface area contributed by atoms with Gasteiger partial charge in [-0.05, 0) is 36.4 Å². The van der Waals surface area contributed by atoms with E-state index in [0.29, 0.717) is 5.56 Å². The number of sulfonamides is 1. The van der Waals surface area contributed by atoms with Gasteiger partial charge in [0.2, 0.25) is 10.0 Å². The van der Waals surface area contributed by atoms with Gasteiger partial charge in [0.05, 0.1) is 23.7 Å². The van der Waals surface area contributed by atoms with Crippen LogP contribution in [0, 0.1) is 0 Å². The van der Waals surface area contributed by atoms with Crippen LogP contribution in [-0.4, -0.2) is 74.3 Å². The molecule has 0 fully saturated rings. The molecule has 3 aromatic rings. The summed E-state index contributed by atoms with van der Waals surface area (Å²) in [6, 6.07) is 8.93. The summed E-state index contributed by atoms with van der Waals surface area (Å²) >= 11 is 0. The summed E-state index contributed by atoms with van der Waals surface area (Å²) in [7, 11) is -0.784. The van der Waals surface area contributed by atoms with Crippen LogP contribution in [0.3, 0.4) is 0 Å². The molecule has 0 atom stereocenters. The lowest BCUT2D eigenvalue weighted by atomic mass is 10.2. The first-order valence-electron chi connectivity index (χ1n) is 9.59. The van der Waals surface area contributed by atoms with Gasteiger partial charge in [0.15, 0.2) is 0 Å². The Morgan fingerprint density at radius 3 is 2.34 bits per heavy atom. The molecule has 1 N–H and O–H groups in total. The lowest BCUT2D eigenvalue weighted by Gasteiger charge is -2.21. The average Bonchev–Trinajstić information content (AvgIpc) is 3.28. The van der Waals surface area contributed by atoms with Crippen LogP contribution >= 0.6 is 0 Å². The second kappa shape index (κ2) is 10.9. The van der Waals surface area contributed by atoms with Gasteiger partial charge in [-0.3, -0.25) is 15.1 Å². The van der Waals surface area contributed by atoms with Gasteiger partial charge < -0.3 is 13.9 Å². The van der Waals surface area contributed by atoms with Crippen LogP contribution < -0.4 is 5.32 Å². The van der Waals surface area contributed by atoms with E-state index in [-0.39, 0.29) is 48.7 Å². The number of carbonyl (C=O) groups is 1. The second-order valence-electron chi connectivity index (χ2n) is 6.52. The van der Waals surface area contributed by atoms with Gasteiger partial charge in [0.1, 0.15) is 0 Å². The monoisotopic (exact) mass is 461 g/mol. The fourth-order valence-corrected chi connectivity index (χ4v) is 4.12. The van der Waals surface area contributed by atoms with E-state index in [4.69, 9.17) is 13.9 Å². The summed E-state index contributed by atoms with van der Waals surface area (Å²) in [6.07, 6.45) is 3.17. The molecule has 0 aliphatic carbocycles. The summed E-state index contributed by atoms with van der Waals surface area (Å²) in [4.78, 5) is 16.5. The van der Waals surface area contributed by atoms with E-state index < -0.39 is 15.9 Å². The second-order valence-corrected chi connectivity index (χ2v) is 8.46. The number of nitrogens with zero attached hydrogens (tertiary/aromatic N) is 4. The molecular weight excluding hydrogens is 438 g/mol. The first-order valence-corrected chi connectivity index (χ1v) is 11.0. The molecule has 0 spiro atoms. The van der Waals surface area contributed by atoms with E-state index in [2.05, 4.69) is 20.5 Å². The van der Waals surface area contributed by atoms with Crippen LogP contribution in [0.2, 0.25) is 0 Å². The minimum atomic E-state index is -3.78. The van der Waals surface area contributed by atoms with Crippen molar-refractivity contribution in [2.24, 2.45) is 0 Å². The number of methoxy groups -OCH3 is 2. The molecule has 170 valence electrons. The number of aromatic nitrogens is 3. The minimum Gasteiger partial charge on any atom is -0.403 e. The van der Waals surface area contributed by atoms with Crippen LogP contribution in [0.1, 0.15) is 10.4 Å². The van der Waals surface area contributed by atoms with Crippen molar-refractivity contribution in [2.75, 3.05) is 45.8 Å². The maximum absolute atomic E-state index is 12.9. The first-order chi connectivity index (χ1) is 15.5. The highest BCUT2D eigenvalue weighted by molar-refractivity contribution is 7.89.